The molecule has 3 radical (unpaired) electrons. The average molecular weight is 403 g/mol. The SMILES string of the molecule is O.O.O.O.O.O.O.O.O=[N+]([O-])O.O=[N+]([O-])O.O=[N+]([O-])O.[Ga]. The van der Waals surface area contributed by atoms with E-state index in [-0.39, 0.29) is 63.6 Å². The van der Waals surface area contributed by atoms with Gasteiger partial charge in [0.25, 0.3) is 15.3 Å². The first-order valence-corrected chi connectivity index (χ1v) is 1.70. The molecule has 0 aromatic carbocycles. The predicted octanol–water partition coefficient (Wildman–Crippen LogP) is -8.02. The third-order valence-corrected chi connectivity index (χ3v) is 0. The van der Waals surface area contributed by atoms with Crippen molar-refractivity contribution < 1.29 is 74.7 Å². The Morgan fingerprint density at radius 1 is 0.476 bits per heavy atom. The summed E-state index contributed by atoms with van der Waals surface area (Å²) in [7, 11) is 0. The average Bonchev–Trinajstić information content (AvgIpc) is 1.54. The predicted molar refractivity (Wildman–Crippen MR) is 61.0 cm³/mol. The minimum Gasteiger partial charge on any atom is -0.412 e. The fourth-order valence-electron chi connectivity index (χ4n) is 0. The maximum atomic E-state index is 8.36. The molecule has 0 aliphatic carbocycles. The second-order valence-corrected chi connectivity index (χ2v) is 0.714. The van der Waals surface area contributed by atoms with Gasteiger partial charge in [0.1, 0.15) is 0 Å². The molecule has 20 nitrogen and oxygen atoms in total. The molecule has 0 spiro atoms. The van der Waals surface area contributed by atoms with Gasteiger partial charge in [-0.1, -0.05) is 0 Å². The van der Waals surface area contributed by atoms with Gasteiger partial charge in [-0.15, -0.1) is 30.3 Å². The van der Waals surface area contributed by atoms with E-state index in [1.807, 2.05) is 0 Å². The summed E-state index contributed by atoms with van der Waals surface area (Å²) in [5.74, 6) is 0. The zero-order valence-electron chi connectivity index (χ0n) is 9.71. The summed E-state index contributed by atoms with van der Waals surface area (Å²) in [6, 6.07) is 0. The van der Waals surface area contributed by atoms with Crippen molar-refractivity contribution in [3.63, 3.8) is 0 Å². The van der Waals surface area contributed by atoms with Crippen LogP contribution >= 0.6 is 0 Å². The molecule has 0 aliphatic heterocycles. The number of nitrogens with zero attached hydrogens (tertiary/aromatic N) is 3. The monoisotopic (exact) mass is 402 g/mol. The Labute approximate surface area is 126 Å². The van der Waals surface area contributed by atoms with Crippen molar-refractivity contribution in [2.24, 2.45) is 0 Å². The summed E-state index contributed by atoms with van der Waals surface area (Å²) in [6.45, 7) is 0. The number of hydrogen-bond acceptors (Lipinski definition) is 6. The molecule has 0 aliphatic rings. The van der Waals surface area contributed by atoms with Gasteiger partial charge in [-0.2, -0.15) is 0 Å². The van der Waals surface area contributed by atoms with Crippen molar-refractivity contribution in [3.05, 3.63) is 30.3 Å². The van der Waals surface area contributed by atoms with Gasteiger partial charge in [0.2, 0.25) is 0 Å². The van der Waals surface area contributed by atoms with Crippen molar-refractivity contribution in [3.8, 4) is 0 Å². The summed E-state index contributed by atoms with van der Waals surface area (Å²) in [5, 5.41) is 40.9. The molecular formula is H19GaN3O17. The fourth-order valence-corrected chi connectivity index (χ4v) is 0. The van der Waals surface area contributed by atoms with Crippen LogP contribution in [0.5, 0.6) is 0 Å². The minimum atomic E-state index is -1.50. The topological polar surface area (TPSA) is 442 Å². The van der Waals surface area contributed by atoms with Crippen LogP contribution in [0.2, 0.25) is 0 Å². The van der Waals surface area contributed by atoms with Crippen molar-refractivity contribution >= 4 is 19.8 Å². The van der Waals surface area contributed by atoms with Gasteiger partial charge in [-0.05, 0) is 0 Å². The van der Waals surface area contributed by atoms with Gasteiger partial charge < -0.3 is 59.4 Å². The maximum Gasteiger partial charge on any atom is 0.291 e. The fraction of sp³-hybridized carbons (Fsp3) is 0. The van der Waals surface area contributed by atoms with Gasteiger partial charge in [0, 0.05) is 19.8 Å². The first-order chi connectivity index (χ1) is 5.20. The summed E-state index contributed by atoms with van der Waals surface area (Å²) in [5.41, 5.74) is 0. The standard InChI is InChI=1S/Ga.3HNO3.8H2O/c;3*2-1(3)4;;;;;;;;/h;3*(H,2,3,4);8*1H2. The van der Waals surface area contributed by atoms with E-state index in [1.54, 1.807) is 0 Å². The van der Waals surface area contributed by atoms with Crippen LogP contribution in [0.4, 0.5) is 0 Å². The van der Waals surface area contributed by atoms with Crippen LogP contribution < -0.4 is 0 Å². The van der Waals surface area contributed by atoms with Crippen LogP contribution in [0, 0.1) is 30.3 Å². The molecule has 19 N–H and O–H groups in total. The summed E-state index contributed by atoms with van der Waals surface area (Å²) >= 11 is 0. The molecule has 0 aromatic rings. The molecule has 0 fully saturated rings. The molecule has 0 bridgehead atoms. The third-order valence-electron chi connectivity index (χ3n) is 0. The molecule has 0 atom stereocenters. The van der Waals surface area contributed by atoms with Crippen molar-refractivity contribution in [1.29, 1.82) is 0 Å². The van der Waals surface area contributed by atoms with Crippen LogP contribution in [0.25, 0.3) is 0 Å². The summed E-state index contributed by atoms with van der Waals surface area (Å²) in [6.07, 6.45) is 0. The zero-order chi connectivity index (χ0) is 10.7. The van der Waals surface area contributed by atoms with Gasteiger partial charge in [-0.3, -0.25) is 0 Å². The summed E-state index contributed by atoms with van der Waals surface area (Å²) < 4.78 is 0. The Hall–Kier alpha value is -2.08. The molecule has 21 heteroatoms. The first kappa shape index (κ1) is 127. The van der Waals surface area contributed by atoms with Crippen molar-refractivity contribution in [2.45, 2.75) is 0 Å². The van der Waals surface area contributed by atoms with Crippen LogP contribution in [0.1, 0.15) is 0 Å². The maximum absolute atomic E-state index is 8.36. The molecule has 0 aromatic heterocycles. The second-order valence-electron chi connectivity index (χ2n) is 0.714. The van der Waals surface area contributed by atoms with Crippen LogP contribution in [0.15, 0.2) is 0 Å². The van der Waals surface area contributed by atoms with E-state index < -0.39 is 15.3 Å². The minimum absolute atomic E-state index is 0. The van der Waals surface area contributed by atoms with E-state index in [2.05, 4.69) is 0 Å². The van der Waals surface area contributed by atoms with Crippen molar-refractivity contribution in [1.82, 2.24) is 0 Å². The van der Waals surface area contributed by atoms with E-state index >= 15 is 0 Å². The van der Waals surface area contributed by atoms with E-state index in [0.717, 1.165) is 0 Å². The molecule has 21 heavy (non-hydrogen) atoms. The molecule has 0 saturated heterocycles. The Morgan fingerprint density at radius 3 is 0.476 bits per heavy atom. The van der Waals surface area contributed by atoms with Gasteiger partial charge in [-0.25, -0.2) is 0 Å². The van der Waals surface area contributed by atoms with E-state index in [1.165, 1.54) is 0 Å². The quantitative estimate of drug-likeness (QED) is 0.196. The van der Waals surface area contributed by atoms with Gasteiger partial charge >= 0.3 is 0 Å². The molecular weight excluding hydrogens is 384 g/mol. The van der Waals surface area contributed by atoms with E-state index in [0.29, 0.717) is 0 Å². The molecule has 0 heterocycles. The smallest absolute Gasteiger partial charge is 0.291 e. The van der Waals surface area contributed by atoms with Crippen LogP contribution in [0.3, 0.4) is 0 Å². The Balaban J connectivity index is -0.00000000476. The third kappa shape index (κ3) is 1050. The van der Waals surface area contributed by atoms with Gasteiger partial charge in [0.05, 0.1) is 0 Å². The molecule has 0 unspecified atom stereocenters. The zero-order valence-corrected chi connectivity index (χ0v) is 12.1. The number of rotatable bonds is 0. The van der Waals surface area contributed by atoms with Crippen LogP contribution in [-0.4, -0.2) is 94.5 Å². The van der Waals surface area contributed by atoms with E-state index in [4.69, 9.17) is 46.0 Å². The Morgan fingerprint density at radius 2 is 0.476 bits per heavy atom. The second kappa shape index (κ2) is 107. The van der Waals surface area contributed by atoms with Crippen molar-refractivity contribution in [2.75, 3.05) is 0 Å². The summed E-state index contributed by atoms with van der Waals surface area (Å²) in [4.78, 5) is 25.1. The normalized spacial score (nSPS) is 3.43. The molecule has 0 rings (SSSR count). The van der Waals surface area contributed by atoms with Gasteiger partial charge in [0.15, 0.2) is 0 Å². The molecule has 0 amide bonds. The molecule has 0 saturated carbocycles. The van der Waals surface area contributed by atoms with Crippen LogP contribution in [-0.2, 0) is 0 Å². The molecule has 139 valence electrons. The van der Waals surface area contributed by atoms with E-state index in [9.17, 15) is 0 Å². The number of hydrogen-bond donors (Lipinski definition) is 3. The largest absolute Gasteiger partial charge is 0.412 e. The first-order valence-electron chi connectivity index (χ1n) is 1.70. The Kier molecular flexibility index (Phi) is 648. The Bertz CT molecular complexity index is 116.